The van der Waals surface area contributed by atoms with Gasteiger partial charge in [0.05, 0.1) is 33.7 Å². The van der Waals surface area contributed by atoms with Crippen molar-refractivity contribution in [3.8, 4) is 0 Å². The van der Waals surface area contributed by atoms with Crippen LogP contribution in [0.1, 0.15) is 11.4 Å². The molecule has 2 heterocycles. The smallest absolute Gasteiger partial charge is 0.137 e. The first kappa shape index (κ1) is 14.7. The number of anilines is 1. The van der Waals surface area contributed by atoms with E-state index in [0.29, 0.717) is 16.6 Å². The summed E-state index contributed by atoms with van der Waals surface area (Å²) in [5.41, 5.74) is 3.73. The molecule has 0 fully saturated rings. The number of imidazole rings is 1. The molecule has 108 valence electrons. The zero-order chi connectivity index (χ0) is 15.0. The average molecular weight is 385 g/mol. The van der Waals surface area contributed by atoms with Gasteiger partial charge in [-0.2, -0.15) is 0 Å². The zero-order valence-corrected chi connectivity index (χ0v) is 14.3. The summed E-state index contributed by atoms with van der Waals surface area (Å²) >= 11 is 15.8. The van der Waals surface area contributed by atoms with Crippen molar-refractivity contribution in [2.24, 2.45) is 0 Å². The van der Waals surface area contributed by atoms with Crippen LogP contribution in [0.4, 0.5) is 5.69 Å². The van der Waals surface area contributed by atoms with Crippen LogP contribution in [0.15, 0.2) is 41.0 Å². The standard InChI is InChI=1S/C15H12BrCl2N3/c1-9-13(21-5-3-2-4-14(21)20-9)8-19-15-11(17)6-10(16)7-12(15)18/h2-7,19H,8H2,1H3. The number of pyridine rings is 1. The van der Waals surface area contributed by atoms with Crippen molar-refractivity contribution in [3.63, 3.8) is 0 Å². The molecule has 0 spiro atoms. The maximum atomic E-state index is 6.23. The summed E-state index contributed by atoms with van der Waals surface area (Å²) in [6.45, 7) is 2.59. The fourth-order valence-electron chi connectivity index (χ4n) is 2.26. The third-order valence-electron chi connectivity index (χ3n) is 3.27. The minimum atomic E-state index is 0.584. The van der Waals surface area contributed by atoms with E-state index in [-0.39, 0.29) is 0 Å². The molecule has 0 amide bonds. The number of benzene rings is 1. The van der Waals surface area contributed by atoms with Gasteiger partial charge in [0.2, 0.25) is 0 Å². The highest BCUT2D eigenvalue weighted by Crippen LogP contribution is 2.34. The van der Waals surface area contributed by atoms with Crippen LogP contribution in [0.3, 0.4) is 0 Å². The number of fused-ring (bicyclic) bond motifs is 1. The summed E-state index contributed by atoms with van der Waals surface area (Å²) in [5.74, 6) is 0. The summed E-state index contributed by atoms with van der Waals surface area (Å²) in [7, 11) is 0. The summed E-state index contributed by atoms with van der Waals surface area (Å²) in [4.78, 5) is 4.53. The molecule has 0 atom stereocenters. The number of nitrogens with zero attached hydrogens (tertiary/aromatic N) is 2. The van der Waals surface area contributed by atoms with Crippen LogP contribution in [0.2, 0.25) is 10.0 Å². The van der Waals surface area contributed by atoms with Crippen molar-refractivity contribution >= 4 is 50.5 Å². The Bertz CT molecular complexity index is 791. The molecule has 6 heteroatoms. The predicted octanol–water partition coefficient (Wildman–Crippen LogP) is 5.32. The molecule has 0 aliphatic rings. The molecule has 2 aromatic heterocycles. The van der Waals surface area contributed by atoms with Crippen molar-refractivity contribution in [3.05, 3.63) is 62.4 Å². The number of hydrogen-bond acceptors (Lipinski definition) is 2. The Morgan fingerprint density at radius 1 is 1.24 bits per heavy atom. The van der Waals surface area contributed by atoms with Gasteiger partial charge >= 0.3 is 0 Å². The van der Waals surface area contributed by atoms with Gasteiger partial charge in [-0.05, 0) is 31.2 Å². The lowest BCUT2D eigenvalue weighted by Gasteiger charge is -2.11. The van der Waals surface area contributed by atoms with Crippen molar-refractivity contribution in [1.82, 2.24) is 9.38 Å². The Balaban J connectivity index is 1.92. The van der Waals surface area contributed by atoms with E-state index in [4.69, 9.17) is 23.2 Å². The molecule has 3 aromatic rings. The molecule has 0 unspecified atom stereocenters. The fourth-order valence-corrected chi connectivity index (χ4v) is 3.60. The van der Waals surface area contributed by atoms with Crippen molar-refractivity contribution in [2.45, 2.75) is 13.5 Å². The molecule has 1 N–H and O–H groups in total. The van der Waals surface area contributed by atoms with Crippen molar-refractivity contribution in [1.29, 1.82) is 0 Å². The van der Waals surface area contributed by atoms with Gasteiger partial charge in [-0.1, -0.05) is 45.2 Å². The van der Waals surface area contributed by atoms with E-state index in [0.717, 1.165) is 27.2 Å². The van der Waals surface area contributed by atoms with Crippen molar-refractivity contribution < 1.29 is 0 Å². The van der Waals surface area contributed by atoms with Crippen LogP contribution < -0.4 is 5.32 Å². The molecule has 0 aliphatic carbocycles. The molecule has 0 bridgehead atoms. The maximum absolute atomic E-state index is 6.23. The summed E-state index contributed by atoms with van der Waals surface area (Å²) in [6.07, 6.45) is 2.00. The van der Waals surface area contributed by atoms with Gasteiger partial charge in [-0.15, -0.1) is 0 Å². The van der Waals surface area contributed by atoms with Crippen LogP contribution in [0.25, 0.3) is 5.65 Å². The predicted molar refractivity (Wildman–Crippen MR) is 91.4 cm³/mol. The second-order valence-electron chi connectivity index (χ2n) is 4.67. The van der Waals surface area contributed by atoms with Gasteiger partial charge in [0.15, 0.2) is 0 Å². The molecule has 3 nitrogen and oxygen atoms in total. The van der Waals surface area contributed by atoms with E-state index >= 15 is 0 Å². The number of halogens is 3. The van der Waals surface area contributed by atoms with Crippen LogP contribution in [-0.2, 0) is 6.54 Å². The molecular formula is C15H12BrCl2N3. The molecule has 3 rings (SSSR count). The van der Waals surface area contributed by atoms with E-state index in [1.807, 2.05) is 43.5 Å². The number of hydrogen-bond donors (Lipinski definition) is 1. The molecule has 0 radical (unpaired) electrons. The molecule has 0 saturated carbocycles. The Kier molecular flexibility index (Phi) is 4.11. The van der Waals surface area contributed by atoms with Gasteiger partial charge in [0, 0.05) is 10.7 Å². The van der Waals surface area contributed by atoms with E-state index in [1.54, 1.807) is 0 Å². The van der Waals surface area contributed by atoms with Gasteiger partial charge in [0.25, 0.3) is 0 Å². The molecule has 1 aromatic carbocycles. The normalized spacial score (nSPS) is 11.0. The largest absolute Gasteiger partial charge is 0.377 e. The lowest BCUT2D eigenvalue weighted by molar-refractivity contribution is 0.987. The van der Waals surface area contributed by atoms with Crippen LogP contribution in [-0.4, -0.2) is 9.38 Å². The number of aryl methyl sites for hydroxylation is 1. The van der Waals surface area contributed by atoms with Crippen molar-refractivity contribution in [2.75, 3.05) is 5.32 Å². The van der Waals surface area contributed by atoms with Gasteiger partial charge in [-0.3, -0.25) is 0 Å². The molecule has 21 heavy (non-hydrogen) atoms. The third kappa shape index (κ3) is 2.89. The Hall–Kier alpha value is -1.23. The molecule has 0 aliphatic heterocycles. The SMILES string of the molecule is Cc1nc2ccccn2c1CNc1c(Cl)cc(Br)cc1Cl. The highest BCUT2D eigenvalue weighted by atomic mass is 79.9. The number of rotatable bonds is 3. The van der Waals surface area contributed by atoms with Gasteiger partial charge in [0.1, 0.15) is 5.65 Å². The Morgan fingerprint density at radius 2 is 1.95 bits per heavy atom. The maximum Gasteiger partial charge on any atom is 0.137 e. The summed E-state index contributed by atoms with van der Waals surface area (Å²) < 4.78 is 2.91. The number of nitrogens with one attached hydrogen (secondary N) is 1. The van der Waals surface area contributed by atoms with Crippen LogP contribution in [0, 0.1) is 6.92 Å². The van der Waals surface area contributed by atoms with Gasteiger partial charge in [-0.25, -0.2) is 4.98 Å². The lowest BCUT2D eigenvalue weighted by atomic mass is 10.3. The fraction of sp³-hybridized carbons (Fsp3) is 0.133. The zero-order valence-electron chi connectivity index (χ0n) is 11.2. The first-order valence-electron chi connectivity index (χ1n) is 6.37. The first-order chi connectivity index (χ1) is 10.1. The summed E-state index contributed by atoms with van der Waals surface area (Å²) in [6, 6.07) is 9.57. The monoisotopic (exact) mass is 383 g/mol. The van der Waals surface area contributed by atoms with Crippen LogP contribution >= 0.6 is 39.1 Å². The lowest BCUT2D eigenvalue weighted by Crippen LogP contribution is -2.05. The third-order valence-corrected chi connectivity index (χ3v) is 4.32. The Morgan fingerprint density at radius 3 is 2.67 bits per heavy atom. The quantitative estimate of drug-likeness (QED) is 0.661. The highest BCUT2D eigenvalue weighted by molar-refractivity contribution is 9.10. The Labute approximate surface area is 141 Å². The summed E-state index contributed by atoms with van der Waals surface area (Å²) in [5, 5.41) is 4.47. The highest BCUT2D eigenvalue weighted by Gasteiger charge is 2.11. The second-order valence-corrected chi connectivity index (χ2v) is 6.40. The van der Waals surface area contributed by atoms with Gasteiger partial charge < -0.3 is 9.72 Å². The minimum absolute atomic E-state index is 0.584. The molecule has 0 saturated heterocycles. The first-order valence-corrected chi connectivity index (χ1v) is 7.92. The van der Waals surface area contributed by atoms with Crippen LogP contribution in [0.5, 0.6) is 0 Å². The van der Waals surface area contributed by atoms with E-state index < -0.39 is 0 Å². The number of aromatic nitrogens is 2. The average Bonchev–Trinajstić information content (AvgIpc) is 2.73. The minimum Gasteiger partial charge on any atom is -0.377 e. The topological polar surface area (TPSA) is 29.3 Å². The van der Waals surface area contributed by atoms with E-state index in [9.17, 15) is 0 Å². The van der Waals surface area contributed by atoms with E-state index in [1.165, 1.54) is 0 Å². The second kappa shape index (κ2) is 5.87. The van der Waals surface area contributed by atoms with E-state index in [2.05, 4.69) is 30.6 Å². The molecular weight excluding hydrogens is 373 g/mol.